The molecular formula is C6H8NO5Rb. The van der Waals surface area contributed by atoms with Crippen molar-refractivity contribution in [2.45, 2.75) is 19.4 Å². The Morgan fingerprint density at radius 1 is 1.46 bits per heavy atom. The number of carbonyl (C=O) groups is 3. The fourth-order valence-electron chi connectivity index (χ4n) is 0.613. The molecule has 0 aromatic heterocycles. The average Bonchev–Trinajstić information content (AvgIpc) is 1.83. The van der Waals surface area contributed by atoms with Crippen LogP contribution >= 0.6 is 0 Å². The molecule has 0 saturated heterocycles. The van der Waals surface area contributed by atoms with Crippen molar-refractivity contribution < 1.29 is 82.8 Å². The van der Waals surface area contributed by atoms with Crippen LogP contribution in [0.5, 0.6) is 0 Å². The Morgan fingerprint density at radius 3 is 2.15 bits per heavy atom. The summed E-state index contributed by atoms with van der Waals surface area (Å²) in [4.78, 5) is 30.6. The normalized spacial score (nSPS) is 10.8. The van der Waals surface area contributed by atoms with Crippen LogP contribution in [-0.2, 0) is 9.59 Å². The van der Waals surface area contributed by atoms with E-state index in [1.807, 2.05) is 0 Å². The molecule has 0 aromatic rings. The van der Waals surface area contributed by atoms with Gasteiger partial charge in [-0.05, 0) is 6.92 Å². The van der Waals surface area contributed by atoms with Gasteiger partial charge in [-0.2, -0.15) is 0 Å². The van der Waals surface area contributed by atoms with Crippen molar-refractivity contribution in [3.63, 3.8) is 0 Å². The summed E-state index contributed by atoms with van der Waals surface area (Å²) in [7, 11) is 0. The molecule has 1 unspecified atom stereocenters. The quantitative estimate of drug-likeness (QED) is 0.528. The standard InChI is InChI=1S/C6H9NO5.Rb/c1-3(8)4(2-5(9)10)7-6(11)12;/h4,7H,2H2,1H3,(H,9,10)(H,11,12);/q;+1/p-1. The molecule has 2 N–H and O–H groups in total. The number of amides is 1. The molecule has 0 bridgehead atoms. The molecular weight excluding hydrogens is 252 g/mol. The van der Waals surface area contributed by atoms with E-state index in [-0.39, 0.29) is 58.2 Å². The molecule has 0 aliphatic carbocycles. The number of carbonyl (C=O) groups excluding carboxylic acids is 2. The zero-order valence-electron chi connectivity index (χ0n) is 7.36. The van der Waals surface area contributed by atoms with Gasteiger partial charge in [0, 0.05) is 0 Å². The van der Waals surface area contributed by atoms with Gasteiger partial charge in [0.25, 0.3) is 0 Å². The van der Waals surface area contributed by atoms with Gasteiger partial charge in [-0.15, -0.1) is 0 Å². The summed E-state index contributed by atoms with van der Waals surface area (Å²) < 4.78 is 0. The summed E-state index contributed by atoms with van der Waals surface area (Å²) in [5.74, 6) is -1.80. The molecule has 0 aromatic carbocycles. The summed E-state index contributed by atoms with van der Waals surface area (Å²) in [6.07, 6.45) is -2.22. The van der Waals surface area contributed by atoms with Crippen molar-refractivity contribution in [2.24, 2.45) is 0 Å². The van der Waals surface area contributed by atoms with Crippen molar-refractivity contribution in [2.75, 3.05) is 0 Å². The van der Waals surface area contributed by atoms with Crippen molar-refractivity contribution >= 4 is 17.8 Å². The van der Waals surface area contributed by atoms with Gasteiger partial charge in [0.15, 0.2) is 5.78 Å². The molecule has 0 fully saturated rings. The number of carboxylic acid groups (broad SMARTS) is 2. The first-order valence-corrected chi connectivity index (χ1v) is 3.13. The number of ketones is 1. The number of rotatable bonds is 4. The molecule has 13 heavy (non-hydrogen) atoms. The van der Waals surface area contributed by atoms with Crippen molar-refractivity contribution in [1.82, 2.24) is 5.32 Å². The maximum atomic E-state index is 10.6. The van der Waals surface area contributed by atoms with Gasteiger partial charge >= 0.3 is 64.2 Å². The van der Waals surface area contributed by atoms with Gasteiger partial charge in [-0.1, -0.05) is 0 Å². The number of Topliss-reactive ketones (excluding diaryl/α,β-unsaturated/α-hetero) is 1. The van der Waals surface area contributed by atoms with Crippen LogP contribution in [0.15, 0.2) is 0 Å². The summed E-state index contributed by atoms with van der Waals surface area (Å²) in [5.41, 5.74) is 0. The molecule has 0 rings (SSSR count). The fraction of sp³-hybridized carbons (Fsp3) is 0.500. The predicted octanol–water partition coefficient (Wildman–Crippen LogP) is -4.64. The summed E-state index contributed by atoms with van der Waals surface area (Å²) in [6.45, 7) is 1.10. The molecule has 0 heterocycles. The van der Waals surface area contributed by atoms with E-state index in [9.17, 15) is 19.5 Å². The third-order valence-electron chi connectivity index (χ3n) is 1.16. The zero-order valence-corrected chi connectivity index (χ0v) is 12.3. The van der Waals surface area contributed by atoms with E-state index in [2.05, 4.69) is 0 Å². The summed E-state index contributed by atoms with van der Waals surface area (Å²) in [6, 6.07) is -1.22. The second-order valence-corrected chi connectivity index (χ2v) is 2.19. The van der Waals surface area contributed by atoms with Gasteiger partial charge in [0.05, 0.1) is 12.5 Å². The zero-order chi connectivity index (χ0) is 9.72. The monoisotopic (exact) mass is 259 g/mol. The number of hydrogen-bond donors (Lipinski definition) is 2. The van der Waals surface area contributed by atoms with Crippen LogP contribution in [-0.4, -0.2) is 29.0 Å². The topological polar surface area (TPSA) is 107 Å². The van der Waals surface area contributed by atoms with Crippen LogP contribution in [0.25, 0.3) is 0 Å². The minimum absolute atomic E-state index is 0. The third kappa shape index (κ3) is 8.54. The van der Waals surface area contributed by atoms with E-state index in [0.29, 0.717) is 0 Å². The molecule has 0 spiro atoms. The molecule has 1 amide bonds. The molecule has 0 saturated carbocycles. The predicted molar refractivity (Wildman–Crippen MR) is 35.3 cm³/mol. The second-order valence-electron chi connectivity index (χ2n) is 2.19. The maximum Gasteiger partial charge on any atom is 1.00 e. The van der Waals surface area contributed by atoms with Crippen LogP contribution in [0.2, 0.25) is 0 Å². The Kier molecular flexibility index (Phi) is 9.17. The van der Waals surface area contributed by atoms with Gasteiger partial charge < -0.3 is 20.3 Å². The van der Waals surface area contributed by atoms with Crippen LogP contribution in [0.4, 0.5) is 4.79 Å². The second kappa shape index (κ2) is 7.60. The molecule has 1 atom stereocenters. The van der Waals surface area contributed by atoms with Crippen molar-refractivity contribution in [3.8, 4) is 0 Å². The van der Waals surface area contributed by atoms with E-state index in [0.717, 1.165) is 6.92 Å². The smallest absolute Gasteiger partial charge is 0.530 e. The van der Waals surface area contributed by atoms with Crippen LogP contribution in [0, 0.1) is 0 Å². The molecule has 68 valence electrons. The summed E-state index contributed by atoms with van der Waals surface area (Å²) >= 11 is 0. The van der Waals surface area contributed by atoms with E-state index < -0.39 is 30.3 Å². The Hall–Kier alpha value is 0.215. The minimum atomic E-state index is -1.66. The van der Waals surface area contributed by atoms with E-state index in [4.69, 9.17) is 5.11 Å². The van der Waals surface area contributed by atoms with Gasteiger partial charge in [0.1, 0.15) is 6.09 Å². The SMILES string of the molecule is CC(=O)C(CC(=O)O)NC(=O)[O-].[Rb+]. The number of aliphatic carboxylic acids is 1. The van der Waals surface area contributed by atoms with Crippen LogP contribution in [0.3, 0.4) is 0 Å². The Labute approximate surface area is 123 Å². The van der Waals surface area contributed by atoms with Crippen molar-refractivity contribution in [3.05, 3.63) is 0 Å². The molecule has 0 aliphatic rings. The summed E-state index contributed by atoms with van der Waals surface area (Å²) in [5, 5.41) is 19.9. The number of hydrogen-bond acceptors (Lipinski definition) is 4. The molecule has 7 heteroatoms. The number of carboxylic acids is 1. The van der Waals surface area contributed by atoms with Crippen molar-refractivity contribution in [1.29, 1.82) is 0 Å². The first-order chi connectivity index (χ1) is 5.43. The molecule has 0 radical (unpaired) electrons. The van der Waals surface area contributed by atoms with Gasteiger partial charge in [-0.3, -0.25) is 9.59 Å². The Bertz CT molecular complexity index is 201. The Balaban J connectivity index is 0. The van der Waals surface area contributed by atoms with Gasteiger partial charge in [-0.25, -0.2) is 0 Å². The number of nitrogens with one attached hydrogen (secondary N) is 1. The first kappa shape index (κ1) is 15.7. The Morgan fingerprint density at radius 2 is 1.92 bits per heavy atom. The van der Waals surface area contributed by atoms with Gasteiger partial charge in [0.2, 0.25) is 0 Å². The van der Waals surface area contributed by atoms with E-state index in [1.54, 1.807) is 5.32 Å². The molecule has 0 aliphatic heterocycles. The average molecular weight is 260 g/mol. The maximum absolute atomic E-state index is 10.6. The van der Waals surface area contributed by atoms with E-state index in [1.165, 1.54) is 0 Å². The van der Waals surface area contributed by atoms with E-state index >= 15 is 0 Å². The van der Waals surface area contributed by atoms with Crippen LogP contribution in [0.1, 0.15) is 13.3 Å². The third-order valence-corrected chi connectivity index (χ3v) is 1.16. The largest absolute Gasteiger partial charge is 1.00 e. The minimum Gasteiger partial charge on any atom is -0.530 e. The fourth-order valence-corrected chi connectivity index (χ4v) is 0.613. The first-order valence-electron chi connectivity index (χ1n) is 3.13. The van der Waals surface area contributed by atoms with Crippen LogP contribution < -0.4 is 68.6 Å². The molecule has 6 nitrogen and oxygen atoms in total.